The molecule has 0 spiro atoms. The molecule has 76 valence electrons. The molecule has 0 aromatic carbocycles. The summed E-state index contributed by atoms with van der Waals surface area (Å²) in [4.78, 5) is 10.4. The normalized spacial score (nSPS) is 26.8. The van der Waals surface area contributed by atoms with Crippen molar-refractivity contribution in [3.05, 3.63) is 0 Å². The SMILES string of the molecule is O=C(O)C1S(=O)(=O)CCCS1(=O)=O. The summed E-state index contributed by atoms with van der Waals surface area (Å²) in [6.45, 7) is 0. The van der Waals surface area contributed by atoms with Crippen LogP contribution < -0.4 is 0 Å². The lowest BCUT2D eigenvalue weighted by Crippen LogP contribution is -2.44. The second-order valence-electron chi connectivity index (χ2n) is 2.76. The third kappa shape index (κ3) is 1.83. The van der Waals surface area contributed by atoms with Gasteiger partial charge in [0.1, 0.15) is 0 Å². The molecule has 8 heteroatoms. The number of rotatable bonds is 1. The molecule has 0 aliphatic carbocycles. The Morgan fingerprint density at radius 2 is 1.46 bits per heavy atom. The maximum Gasteiger partial charge on any atom is 0.337 e. The zero-order valence-corrected chi connectivity index (χ0v) is 8.14. The number of aliphatic carboxylic acids is 1. The van der Waals surface area contributed by atoms with Crippen LogP contribution in [0.25, 0.3) is 0 Å². The van der Waals surface area contributed by atoms with E-state index >= 15 is 0 Å². The highest BCUT2D eigenvalue weighted by Gasteiger charge is 2.46. The number of sulfone groups is 2. The fourth-order valence-electron chi connectivity index (χ4n) is 1.21. The molecule has 1 rings (SSSR count). The minimum absolute atomic E-state index is 0.0194. The van der Waals surface area contributed by atoms with E-state index in [9.17, 15) is 21.6 Å². The van der Waals surface area contributed by atoms with Crippen LogP contribution in [0.1, 0.15) is 6.42 Å². The van der Waals surface area contributed by atoms with E-state index in [0.717, 1.165) is 0 Å². The predicted molar refractivity (Wildman–Crippen MR) is 43.6 cm³/mol. The van der Waals surface area contributed by atoms with Crippen LogP contribution in [0.2, 0.25) is 0 Å². The smallest absolute Gasteiger partial charge is 0.337 e. The van der Waals surface area contributed by atoms with E-state index < -0.39 is 30.2 Å². The molecule has 0 aromatic heterocycles. The van der Waals surface area contributed by atoms with Crippen molar-refractivity contribution in [2.24, 2.45) is 0 Å². The van der Waals surface area contributed by atoms with Gasteiger partial charge in [0, 0.05) is 0 Å². The number of carboxylic acids is 1. The highest BCUT2D eigenvalue weighted by molar-refractivity contribution is 8.10. The Bertz CT molecular complexity index is 382. The average molecular weight is 228 g/mol. The predicted octanol–water partition coefficient (Wildman–Crippen LogP) is -1.37. The lowest BCUT2D eigenvalue weighted by molar-refractivity contribution is -0.134. The quantitative estimate of drug-likeness (QED) is 0.593. The maximum absolute atomic E-state index is 11.1. The number of carboxylic acid groups (broad SMARTS) is 1. The third-order valence-electron chi connectivity index (χ3n) is 1.71. The van der Waals surface area contributed by atoms with Crippen LogP contribution in [0.5, 0.6) is 0 Å². The first-order valence-corrected chi connectivity index (χ1v) is 6.86. The molecular formula is C5H8O6S2. The van der Waals surface area contributed by atoms with E-state index in [0.29, 0.717) is 0 Å². The van der Waals surface area contributed by atoms with Crippen molar-refractivity contribution in [1.29, 1.82) is 0 Å². The van der Waals surface area contributed by atoms with Crippen molar-refractivity contribution >= 4 is 25.6 Å². The first kappa shape index (κ1) is 10.5. The molecule has 1 aliphatic rings. The van der Waals surface area contributed by atoms with Crippen molar-refractivity contribution in [1.82, 2.24) is 0 Å². The third-order valence-corrected chi connectivity index (χ3v) is 6.89. The summed E-state index contributed by atoms with van der Waals surface area (Å²) in [5.41, 5.74) is 0. The molecule has 0 amide bonds. The summed E-state index contributed by atoms with van der Waals surface area (Å²) in [6.07, 6.45) is -0.0194. The van der Waals surface area contributed by atoms with Gasteiger partial charge in [0.2, 0.25) is 0 Å². The largest absolute Gasteiger partial charge is 0.480 e. The minimum Gasteiger partial charge on any atom is -0.480 e. The molecule has 0 atom stereocenters. The summed E-state index contributed by atoms with van der Waals surface area (Å²) in [6, 6.07) is 0. The fourth-order valence-corrected chi connectivity index (χ4v) is 5.89. The van der Waals surface area contributed by atoms with E-state index in [1.165, 1.54) is 0 Å². The lowest BCUT2D eigenvalue weighted by atomic mass is 10.6. The highest BCUT2D eigenvalue weighted by Crippen LogP contribution is 2.19. The van der Waals surface area contributed by atoms with Gasteiger partial charge in [-0.1, -0.05) is 0 Å². The van der Waals surface area contributed by atoms with E-state index in [1.807, 2.05) is 0 Å². The summed E-state index contributed by atoms with van der Waals surface area (Å²) in [7, 11) is -8.04. The molecule has 1 N–H and O–H groups in total. The Labute approximate surface area is 75.4 Å². The van der Waals surface area contributed by atoms with Crippen molar-refractivity contribution in [2.45, 2.75) is 11.0 Å². The fraction of sp³-hybridized carbons (Fsp3) is 0.800. The molecule has 0 aromatic rings. The van der Waals surface area contributed by atoms with Gasteiger partial charge in [0.15, 0.2) is 19.7 Å². The molecule has 0 saturated carbocycles. The van der Waals surface area contributed by atoms with Gasteiger partial charge < -0.3 is 5.11 Å². The Morgan fingerprint density at radius 1 is 1.08 bits per heavy atom. The number of carbonyl (C=O) groups is 1. The zero-order valence-electron chi connectivity index (χ0n) is 6.50. The Balaban J connectivity index is 3.30. The molecule has 0 unspecified atom stereocenters. The van der Waals surface area contributed by atoms with Gasteiger partial charge in [-0.25, -0.2) is 21.6 Å². The second-order valence-corrected chi connectivity index (χ2v) is 7.47. The van der Waals surface area contributed by atoms with E-state index in [4.69, 9.17) is 5.11 Å². The van der Waals surface area contributed by atoms with Crippen molar-refractivity contribution in [3.63, 3.8) is 0 Å². The second kappa shape index (κ2) is 2.95. The topological polar surface area (TPSA) is 106 Å². The maximum atomic E-state index is 11.1. The van der Waals surface area contributed by atoms with Gasteiger partial charge >= 0.3 is 5.97 Å². The Morgan fingerprint density at radius 3 is 1.69 bits per heavy atom. The van der Waals surface area contributed by atoms with Crippen LogP contribution in [0.15, 0.2) is 0 Å². The van der Waals surface area contributed by atoms with Crippen molar-refractivity contribution < 1.29 is 26.7 Å². The molecule has 6 nitrogen and oxygen atoms in total. The molecule has 1 heterocycles. The molecule has 0 bridgehead atoms. The molecule has 1 aliphatic heterocycles. The van der Waals surface area contributed by atoms with Gasteiger partial charge in [-0.05, 0) is 6.42 Å². The van der Waals surface area contributed by atoms with E-state index in [2.05, 4.69) is 0 Å². The van der Waals surface area contributed by atoms with Crippen molar-refractivity contribution in [3.8, 4) is 0 Å². The van der Waals surface area contributed by atoms with Gasteiger partial charge in [-0.15, -0.1) is 0 Å². The first-order valence-electron chi connectivity index (χ1n) is 3.43. The zero-order chi connectivity index (χ0) is 10.3. The van der Waals surface area contributed by atoms with Crippen LogP contribution >= 0.6 is 0 Å². The summed E-state index contributed by atoms with van der Waals surface area (Å²) in [5.74, 6) is -2.55. The Kier molecular flexibility index (Phi) is 2.37. The van der Waals surface area contributed by atoms with E-state index in [-0.39, 0.29) is 17.9 Å². The van der Waals surface area contributed by atoms with Crippen LogP contribution in [0.3, 0.4) is 0 Å². The number of hydrogen-bond donors (Lipinski definition) is 1. The van der Waals surface area contributed by atoms with E-state index in [1.54, 1.807) is 0 Å². The molecule has 0 radical (unpaired) electrons. The lowest BCUT2D eigenvalue weighted by Gasteiger charge is -2.18. The molecule has 13 heavy (non-hydrogen) atoms. The Hall–Kier alpha value is -0.630. The van der Waals surface area contributed by atoms with Gasteiger partial charge in [-0.2, -0.15) is 0 Å². The van der Waals surface area contributed by atoms with Gasteiger partial charge in [0.05, 0.1) is 11.5 Å². The van der Waals surface area contributed by atoms with Crippen LogP contribution in [0.4, 0.5) is 0 Å². The summed E-state index contributed by atoms with van der Waals surface area (Å²) < 4.78 is 42.1. The van der Waals surface area contributed by atoms with Crippen LogP contribution in [-0.4, -0.2) is 44.0 Å². The monoisotopic (exact) mass is 228 g/mol. The van der Waals surface area contributed by atoms with Gasteiger partial charge in [0.25, 0.3) is 4.58 Å². The first-order chi connectivity index (χ1) is 5.77. The minimum atomic E-state index is -4.02. The summed E-state index contributed by atoms with van der Waals surface area (Å²) in [5, 5.41) is 8.45. The van der Waals surface area contributed by atoms with Crippen LogP contribution in [0, 0.1) is 0 Å². The highest BCUT2D eigenvalue weighted by atomic mass is 32.3. The standard InChI is InChI=1S/C5H8O6S2/c6-4(7)5-12(8,9)2-1-3-13(5,10)11/h5H,1-3H2,(H,6,7). The van der Waals surface area contributed by atoms with Gasteiger partial charge in [-0.3, -0.25) is 0 Å². The molecule has 1 saturated heterocycles. The number of hydrogen-bond acceptors (Lipinski definition) is 5. The summed E-state index contributed by atoms with van der Waals surface area (Å²) >= 11 is 0. The molecule has 1 fully saturated rings. The average Bonchev–Trinajstić information content (AvgIpc) is 1.79. The molecular weight excluding hydrogens is 220 g/mol. The van der Waals surface area contributed by atoms with Crippen molar-refractivity contribution in [2.75, 3.05) is 11.5 Å². The van der Waals surface area contributed by atoms with Crippen LogP contribution in [-0.2, 0) is 24.5 Å².